The molecule has 1 aliphatic carbocycles. The van der Waals surface area contributed by atoms with Crippen LogP contribution in [0.2, 0.25) is 0 Å². The summed E-state index contributed by atoms with van der Waals surface area (Å²) in [4.78, 5) is 10.1. The largest absolute Gasteiger partial charge is 0.309 e. The summed E-state index contributed by atoms with van der Waals surface area (Å²) in [5.74, 6) is 0.744. The number of aromatic nitrogens is 3. The van der Waals surface area contributed by atoms with Crippen LogP contribution in [0.4, 0.5) is 0 Å². The molecule has 8 aromatic rings. The van der Waals surface area contributed by atoms with E-state index >= 15 is 0 Å². The lowest BCUT2D eigenvalue weighted by molar-refractivity contribution is 0.346. The molecule has 0 amide bonds. The average molecular weight is 632 g/mol. The number of para-hydroxylation sites is 2. The fourth-order valence-electron chi connectivity index (χ4n) is 8.06. The lowest BCUT2D eigenvalue weighted by Crippen LogP contribution is -2.30. The minimum atomic E-state index is -0.00773. The fraction of sp³-hybridized carbons (Fsp3) is 0.130. The molecular formula is C46H37N3. The van der Waals surface area contributed by atoms with E-state index in [0.29, 0.717) is 0 Å². The van der Waals surface area contributed by atoms with E-state index in [2.05, 4.69) is 144 Å². The highest BCUT2D eigenvalue weighted by molar-refractivity contribution is 6.09. The van der Waals surface area contributed by atoms with Crippen LogP contribution in [0.5, 0.6) is 0 Å². The Bertz CT molecular complexity index is 2270. The van der Waals surface area contributed by atoms with E-state index in [0.717, 1.165) is 46.7 Å². The Kier molecular flexibility index (Phi) is 7.39. The predicted molar refractivity (Wildman–Crippen MR) is 203 cm³/mol. The molecule has 0 spiro atoms. The maximum Gasteiger partial charge on any atom is 0.160 e. The van der Waals surface area contributed by atoms with Crippen molar-refractivity contribution in [3.8, 4) is 39.6 Å². The van der Waals surface area contributed by atoms with Crippen molar-refractivity contribution in [2.75, 3.05) is 0 Å². The van der Waals surface area contributed by atoms with Gasteiger partial charge in [0, 0.05) is 38.6 Å². The number of hydrogen-bond acceptors (Lipinski definition) is 2. The van der Waals surface area contributed by atoms with Crippen LogP contribution < -0.4 is 0 Å². The van der Waals surface area contributed by atoms with Crippen molar-refractivity contribution in [3.05, 3.63) is 175 Å². The molecule has 49 heavy (non-hydrogen) atoms. The molecule has 6 aromatic carbocycles. The van der Waals surface area contributed by atoms with Crippen LogP contribution in [-0.2, 0) is 5.41 Å². The number of benzene rings is 6. The van der Waals surface area contributed by atoms with Crippen LogP contribution in [0.25, 0.3) is 61.4 Å². The third-order valence-electron chi connectivity index (χ3n) is 10.5. The Labute approximate surface area is 287 Å². The molecule has 1 fully saturated rings. The van der Waals surface area contributed by atoms with Gasteiger partial charge in [-0.05, 0) is 54.3 Å². The Morgan fingerprint density at radius 1 is 0.429 bits per heavy atom. The first kappa shape index (κ1) is 29.3. The summed E-state index contributed by atoms with van der Waals surface area (Å²) < 4.78 is 2.41. The Balaban J connectivity index is 1.10. The zero-order chi connectivity index (χ0) is 32.6. The number of rotatable bonds is 6. The summed E-state index contributed by atoms with van der Waals surface area (Å²) in [6, 6.07) is 59.0. The van der Waals surface area contributed by atoms with Gasteiger partial charge in [0.1, 0.15) is 0 Å². The Hall–Kier alpha value is -5.80. The molecule has 2 heterocycles. The molecule has 0 unspecified atom stereocenters. The van der Waals surface area contributed by atoms with Gasteiger partial charge in [0.15, 0.2) is 5.82 Å². The molecule has 9 rings (SSSR count). The zero-order valence-electron chi connectivity index (χ0n) is 27.5. The van der Waals surface area contributed by atoms with Gasteiger partial charge in [-0.25, -0.2) is 9.97 Å². The molecular weight excluding hydrogens is 595 g/mol. The highest BCUT2D eigenvalue weighted by Gasteiger charge is 2.35. The standard InChI is InChI=1S/C46H37N3/c1-4-14-33(15-5-1)41-32-42(48-45(47-41)35-16-6-2-7-17-35)34-22-24-36(25-23-34)46(30-12-3-13-31-46)37-26-28-38(29-27-37)49-43-20-10-8-18-39(43)40-19-9-11-21-44(40)49/h1-2,4-11,14-29,32H,3,12-13,30-31H2. The van der Waals surface area contributed by atoms with Crippen molar-refractivity contribution in [3.63, 3.8) is 0 Å². The molecule has 0 atom stereocenters. The molecule has 2 aromatic heterocycles. The molecule has 0 radical (unpaired) electrons. The van der Waals surface area contributed by atoms with Crippen molar-refractivity contribution in [1.29, 1.82) is 0 Å². The van der Waals surface area contributed by atoms with Gasteiger partial charge in [-0.15, -0.1) is 0 Å². The molecule has 1 saturated carbocycles. The van der Waals surface area contributed by atoms with Gasteiger partial charge in [0.2, 0.25) is 0 Å². The molecule has 0 saturated heterocycles. The van der Waals surface area contributed by atoms with E-state index in [4.69, 9.17) is 9.97 Å². The summed E-state index contributed by atoms with van der Waals surface area (Å²) in [6.07, 6.45) is 6.09. The van der Waals surface area contributed by atoms with E-state index in [1.807, 2.05) is 24.3 Å². The van der Waals surface area contributed by atoms with Gasteiger partial charge in [-0.2, -0.15) is 0 Å². The first-order valence-electron chi connectivity index (χ1n) is 17.5. The van der Waals surface area contributed by atoms with Gasteiger partial charge < -0.3 is 4.57 Å². The number of hydrogen-bond donors (Lipinski definition) is 0. The third-order valence-corrected chi connectivity index (χ3v) is 10.5. The minimum Gasteiger partial charge on any atom is -0.309 e. The molecule has 0 aliphatic heterocycles. The minimum absolute atomic E-state index is 0.00773. The smallest absolute Gasteiger partial charge is 0.160 e. The molecule has 3 heteroatoms. The monoisotopic (exact) mass is 631 g/mol. The lowest BCUT2D eigenvalue weighted by atomic mass is 9.65. The molecule has 0 bridgehead atoms. The van der Waals surface area contributed by atoms with Gasteiger partial charge in [-0.1, -0.05) is 153 Å². The van der Waals surface area contributed by atoms with Crippen molar-refractivity contribution < 1.29 is 0 Å². The quantitative estimate of drug-likeness (QED) is 0.183. The second-order valence-corrected chi connectivity index (χ2v) is 13.3. The van der Waals surface area contributed by atoms with Crippen LogP contribution >= 0.6 is 0 Å². The third kappa shape index (κ3) is 5.23. The lowest BCUT2D eigenvalue weighted by Gasteiger charge is -2.39. The number of fused-ring (bicyclic) bond motifs is 3. The van der Waals surface area contributed by atoms with E-state index < -0.39 is 0 Å². The fourth-order valence-corrected chi connectivity index (χ4v) is 8.06. The molecule has 236 valence electrons. The van der Waals surface area contributed by atoms with E-state index in [-0.39, 0.29) is 5.41 Å². The van der Waals surface area contributed by atoms with Gasteiger partial charge in [0.25, 0.3) is 0 Å². The predicted octanol–water partition coefficient (Wildman–Crippen LogP) is 11.8. The van der Waals surface area contributed by atoms with Crippen LogP contribution in [0.15, 0.2) is 164 Å². The van der Waals surface area contributed by atoms with Crippen molar-refractivity contribution >= 4 is 21.8 Å². The SMILES string of the molecule is c1ccc(-c2cc(-c3ccc(C4(c5ccc(-n6c7ccccc7c7ccccc76)cc5)CCCCC4)cc3)nc(-c3ccccc3)n2)cc1. The Morgan fingerprint density at radius 2 is 0.898 bits per heavy atom. The first-order chi connectivity index (χ1) is 24.3. The van der Waals surface area contributed by atoms with Gasteiger partial charge >= 0.3 is 0 Å². The van der Waals surface area contributed by atoms with E-state index in [9.17, 15) is 0 Å². The topological polar surface area (TPSA) is 30.7 Å². The van der Waals surface area contributed by atoms with E-state index in [1.54, 1.807) is 0 Å². The second-order valence-electron chi connectivity index (χ2n) is 13.3. The molecule has 3 nitrogen and oxygen atoms in total. The maximum absolute atomic E-state index is 5.08. The van der Waals surface area contributed by atoms with Crippen molar-refractivity contribution in [2.24, 2.45) is 0 Å². The average Bonchev–Trinajstić information content (AvgIpc) is 3.53. The second kappa shape index (κ2) is 12.3. The maximum atomic E-state index is 5.08. The summed E-state index contributed by atoms with van der Waals surface area (Å²) >= 11 is 0. The van der Waals surface area contributed by atoms with Crippen LogP contribution in [0, 0.1) is 0 Å². The molecule has 0 N–H and O–H groups in total. The zero-order valence-corrected chi connectivity index (χ0v) is 27.5. The summed E-state index contributed by atoms with van der Waals surface area (Å²) in [5.41, 5.74) is 11.6. The highest BCUT2D eigenvalue weighted by Crippen LogP contribution is 2.46. The number of nitrogens with zero attached hydrogens (tertiary/aromatic N) is 3. The Morgan fingerprint density at radius 3 is 1.47 bits per heavy atom. The van der Waals surface area contributed by atoms with Crippen LogP contribution in [0.3, 0.4) is 0 Å². The normalized spacial score (nSPS) is 14.3. The molecule has 1 aliphatic rings. The summed E-state index contributed by atoms with van der Waals surface area (Å²) in [5, 5.41) is 2.59. The van der Waals surface area contributed by atoms with E-state index in [1.165, 1.54) is 57.9 Å². The van der Waals surface area contributed by atoms with Crippen molar-refractivity contribution in [1.82, 2.24) is 14.5 Å². The van der Waals surface area contributed by atoms with Crippen molar-refractivity contribution in [2.45, 2.75) is 37.5 Å². The highest BCUT2D eigenvalue weighted by atomic mass is 15.0. The first-order valence-corrected chi connectivity index (χ1v) is 17.5. The van der Waals surface area contributed by atoms with Gasteiger partial charge in [-0.3, -0.25) is 0 Å². The van der Waals surface area contributed by atoms with Crippen LogP contribution in [0.1, 0.15) is 43.2 Å². The summed E-state index contributed by atoms with van der Waals surface area (Å²) in [6.45, 7) is 0. The van der Waals surface area contributed by atoms with Gasteiger partial charge in [0.05, 0.1) is 22.4 Å². The summed E-state index contributed by atoms with van der Waals surface area (Å²) in [7, 11) is 0. The van der Waals surface area contributed by atoms with Crippen LogP contribution in [-0.4, -0.2) is 14.5 Å².